The normalized spacial score (nSPS) is 18.5. The van der Waals surface area contributed by atoms with Gasteiger partial charge in [-0.1, -0.05) is 11.6 Å². The van der Waals surface area contributed by atoms with Crippen LogP contribution >= 0.6 is 11.6 Å². The van der Waals surface area contributed by atoms with Crippen LogP contribution in [0.15, 0.2) is 23.1 Å². The van der Waals surface area contributed by atoms with Crippen LogP contribution in [-0.4, -0.2) is 20.1 Å². The molecular formula is C8H6ClNO3S. The summed E-state index contributed by atoms with van der Waals surface area (Å²) in [5.41, 5.74) is 0.425. The largest absolute Gasteiger partial charge is 0.376 e. The van der Waals surface area contributed by atoms with E-state index in [9.17, 15) is 13.2 Å². The average Bonchev–Trinajstić information content (AvgIpc) is 2.13. The number of fused-ring (bicyclic) bond motifs is 1. The van der Waals surface area contributed by atoms with E-state index >= 15 is 0 Å². The molecule has 2 rings (SSSR count). The molecule has 74 valence electrons. The van der Waals surface area contributed by atoms with Crippen LogP contribution in [0.1, 0.15) is 0 Å². The van der Waals surface area contributed by atoms with Crippen molar-refractivity contribution in [3.05, 3.63) is 23.2 Å². The molecule has 0 unspecified atom stereocenters. The van der Waals surface area contributed by atoms with Gasteiger partial charge in [0.25, 0.3) is 5.12 Å². The lowest BCUT2D eigenvalue weighted by Gasteiger charge is -2.16. The number of hydrogen-bond acceptors (Lipinski definition) is 4. The summed E-state index contributed by atoms with van der Waals surface area (Å²) < 4.78 is 23.0. The Bertz CT molecular complexity index is 509. The van der Waals surface area contributed by atoms with Gasteiger partial charge in [0.05, 0.1) is 17.1 Å². The monoisotopic (exact) mass is 231 g/mol. The lowest BCUT2D eigenvalue weighted by Crippen LogP contribution is -2.29. The van der Waals surface area contributed by atoms with Crippen molar-refractivity contribution in [3.8, 4) is 0 Å². The van der Waals surface area contributed by atoms with Crippen molar-refractivity contribution < 1.29 is 13.2 Å². The molecule has 0 fully saturated rings. The van der Waals surface area contributed by atoms with Crippen LogP contribution in [-0.2, 0) is 14.6 Å². The Kier molecular flexibility index (Phi) is 2.01. The fraction of sp³-hybridized carbons (Fsp3) is 0.125. The van der Waals surface area contributed by atoms with Crippen LogP contribution in [0.5, 0.6) is 0 Å². The highest BCUT2D eigenvalue weighted by atomic mass is 35.5. The molecule has 0 radical (unpaired) electrons. The van der Waals surface area contributed by atoms with Gasteiger partial charge in [0.2, 0.25) is 9.84 Å². The topological polar surface area (TPSA) is 63.2 Å². The van der Waals surface area contributed by atoms with E-state index in [1.807, 2.05) is 0 Å². The maximum atomic E-state index is 11.5. The highest BCUT2D eigenvalue weighted by Crippen LogP contribution is 2.29. The molecule has 0 spiro atoms. The molecule has 0 bridgehead atoms. The second-order valence-electron chi connectivity index (χ2n) is 2.87. The lowest BCUT2D eigenvalue weighted by molar-refractivity contribution is -0.110. The zero-order chi connectivity index (χ0) is 10.3. The highest BCUT2D eigenvalue weighted by Gasteiger charge is 2.31. The van der Waals surface area contributed by atoms with Crippen LogP contribution < -0.4 is 5.32 Å². The van der Waals surface area contributed by atoms with Gasteiger partial charge in [0, 0.05) is 5.02 Å². The van der Waals surface area contributed by atoms with E-state index in [0.29, 0.717) is 10.7 Å². The lowest BCUT2D eigenvalue weighted by atomic mass is 10.3. The number of hydrogen-bond donors (Lipinski definition) is 1. The molecule has 1 aromatic carbocycles. The Balaban J connectivity index is 2.74. The second kappa shape index (κ2) is 2.96. The molecule has 14 heavy (non-hydrogen) atoms. The Hall–Kier alpha value is -1.07. The van der Waals surface area contributed by atoms with E-state index in [1.165, 1.54) is 6.07 Å². The number of carbonyl (C=O) groups excluding carboxylic acids is 1. The van der Waals surface area contributed by atoms with E-state index in [1.54, 1.807) is 12.1 Å². The zero-order valence-corrected chi connectivity index (χ0v) is 8.52. The van der Waals surface area contributed by atoms with Gasteiger partial charge in [-0.25, -0.2) is 8.42 Å². The number of halogens is 1. The Morgan fingerprint density at radius 2 is 2.07 bits per heavy atom. The van der Waals surface area contributed by atoms with Crippen molar-refractivity contribution in [2.75, 3.05) is 11.9 Å². The van der Waals surface area contributed by atoms with Gasteiger partial charge in [-0.2, -0.15) is 0 Å². The van der Waals surface area contributed by atoms with Gasteiger partial charge in [0.15, 0.2) is 0 Å². The van der Waals surface area contributed by atoms with Gasteiger partial charge in [-0.3, -0.25) is 4.79 Å². The van der Waals surface area contributed by atoms with E-state index in [4.69, 9.17) is 11.6 Å². The minimum atomic E-state index is -3.83. The first-order chi connectivity index (χ1) is 6.51. The summed E-state index contributed by atoms with van der Waals surface area (Å²) in [6.07, 6.45) is 0. The van der Waals surface area contributed by atoms with Crippen molar-refractivity contribution in [1.82, 2.24) is 0 Å². The summed E-state index contributed by atoms with van der Waals surface area (Å²) in [6, 6.07) is 4.39. The maximum Gasteiger partial charge on any atom is 0.270 e. The molecule has 1 aromatic rings. The van der Waals surface area contributed by atoms with Crippen molar-refractivity contribution in [1.29, 1.82) is 0 Å². The predicted octanol–water partition coefficient (Wildman–Crippen LogP) is 1.07. The van der Waals surface area contributed by atoms with Gasteiger partial charge in [-0.05, 0) is 18.2 Å². The predicted molar refractivity (Wildman–Crippen MR) is 52.1 cm³/mol. The summed E-state index contributed by atoms with van der Waals surface area (Å²) in [6.45, 7) is -0.184. The SMILES string of the molecule is O=C1CNc2ccc(Cl)cc2S1(=O)=O. The quantitative estimate of drug-likeness (QED) is 0.726. The van der Waals surface area contributed by atoms with Crippen LogP contribution in [0, 0.1) is 0 Å². The minimum absolute atomic E-state index is 0.0405. The number of benzene rings is 1. The van der Waals surface area contributed by atoms with E-state index in [-0.39, 0.29) is 11.4 Å². The third-order valence-electron chi connectivity index (χ3n) is 1.96. The summed E-state index contributed by atoms with van der Waals surface area (Å²) in [4.78, 5) is 11.1. The third-order valence-corrected chi connectivity index (χ3v) is 3.85. The highest BCUT2D eigenvalue weighted by molar-refractivity contribution is 8.06. The zero-order valence-electron chi connectivity index (χ0n) is 6.95. The molecule has 6 heteroatoms. The fourth-order valence-corrected chi connectivity index (χ4v) is 2.71. The first kappa shape index (κ1) is 9.48. The Morgan fingerprint density at radius 3 is 2.79 bits per heavy atom. The first-order valence-corrected chi connectivity index (χ1v) is 5.69. The molecule has 0 saturated carbocycles. The Labute approximate surface area is 85.8 Å². The molecule has 1 N–H and O–H groups in total. The van der Waals surface area contributed by atoms with Crippen molar-refractivity contribution >= 4 is 32.2 Å². The molecule has 0 aromatic heterocycles. The molecule has 0 amide bonds. The first-order valence-electron chi connectivity index (χ1n) is 3.83. The molecule has 1 aliphatic heterocycles. The summed E-state index contributed by atoms with van der Waals surface area (Å²) in [7, 11) is -3.83. The summed E-state index contributed by atoms with van der Waals surface area (Å²) >= 11 is 5.65. The molecule has 0 saturated heterocycles. The Morgan fingerprint density at radius 1 is 1.36 bits per heavy atom. The van der Waals surface area contributed by atoms with Crippen molar-refractivity contribution in [2.45, 2.75) is 4.90 Å². The third kappa shape index (κ3) is 1.29. The molecule has 0 atom stereocenters. The number of carbonyl (C=O) groups is 1. The standard InChI is InChI=1S/C8H6ClNO3S/c9-5-1-2-6-7(3-5)14(12,13)8(11)4-10-6/h1-3,10H,4H2. The van der Waals surface area contributed by atoms with Gasteiger partial charge in [-0.15, -0.1) is 0 Å². The van der Waals surface area contributed by atoms with Crippen LogP contribution in [0.25, 0.3) is 0 Å². The molecular weight excluding hydrogens is 226 g/mol. The van der Waals surface area contributed by atoms with Crippen molar-refractivity contribution in [3.63, 3.8) is 0 Å². The minimum Gasteiger partial charge on any atom is -0.376 e. The van der Waals surface area contributed by atoms with Gasteiger partial charge >= 0.3 is 0 Å². The number of rotatable bonds is 0. The van der Waals surface area contributed by atoms with Crippen LogP contribution in [0.3, 0.4) is 0 Å². The van der Waals surface area contributed by atoms with E-state index in [2.05, 4.69) is 5.32 Å². The average molecular weight is 232 g/mol. The van der Waals surface area contributed by atoms with Crippen molar-refractivity contribution in [2.24, 2.45) is 0 Å². The van der Waals surface area contributed by atoms with Crippen LogP contribution in [0.4, 0.5) is 5.69 Å². The number of sulfone groups is 1. The molecule has 1 heterocycles. The second-order valence-corrected chi connectivity index (χ2v) is 5.21. The maximum absolute atomic E-state index is 11.5. The molecule has 1 aliphatic rings. The summed E-state index contributed by atoms with van der Waals surface area (Å²) in [5.74, 6) is 0. The fourth-order valence-electron chi connectivity index (χ4n) is 1.25. The summed E-state index contributed by atoms with van der Waals surface area (Å²) in [5, 5.41) is 2.18. The van der Waals surface area contributed by atoms with E-state index < -0.39 is 15.0 Å². The van der Waals surface area contributed by atoms with Crippen LogP contribution in [0.2, 0.25) is 5.02 Å². The number of nitrogens with one attached hydrogen (secondary N) is 1. The smallest absolute Gasteiger partial charge is 0.270 e. The van der Waals surface area contributed by atoms with Gasteiger partial charge in [0.1, 0.15) is 0 Å². The van der Waals surface area contributed by atoms with Gasteiger partial charge < -0.3 is 5.32 Å². The molecule has 0 aliphatic carbocycles. The molecule has 4 nitrogen and oxygen atoms in total. The van der Waals surface area contributed by atoms with E-state index in [0.717, 1.165) is 0 Å². The number of anilines is 1.